The Morgan fingerprint density at radius 1 is 1.26 bits per heavy atom. The maximum atomic E-state index is 4.58. The normalized spacial score (nSPS) is 18.7. The van der Waals surface area contributed by atoms with Gasteiger partial charge >= 0.3 is 0 Å². The number of aromatic nitrogens is 2. The molecule has 0 N–H and O–H groups in total. The first-order chi connectivity index (χ1) is 11.3. The molecule has 1 saturated heterocycles. The van der Waals surface area contributed by atoms with Crippen LogP contribution in [-0.2, 0) is 13.0 Å². The zero-order valence-electron chi connectivity index (χ0n) is 13.4. The van der Waals surface area contributed by atoms with Crippen LogP contribution >= 0.6 is 11.3 Å². The highest BCUT2D eigenvalue weighted by atomic mass is 32.1. The summed E-state index contributed by atoms with van der Waals surface area (Å²) in [5.41, 5.74) is 3.56. The summed E-state index contributed by atoms with van der Waals surface area (Å²) < 4.78 is 0. The minimum absolute atomic E-state index is 0.755. The fourth-order valence-electron chi connectivity index (χ4n) is 3.46. The van der Waals surface area contributed by atoms with Crippen LogP contribution in [0.1, 0.15) is 22.7 Å². The number of thiazole rings is 1. The zero-order chi connectivity index (χ0) is 15.6. The molecule has 118 valence electrons. The monoisotopic (exact) mass is 323 g/mol. The quantitative estimate of drug-likeness (QED) is 0.725. The van der Waals surface area contributed by atoms with Crippen molar-refractivity contribution in [3.05, 3.63) is 58.2 Å². The third-order valence-electron chi connectivity index (χ3n) is 4.62. The van der Waals surface area contributed by atoms with Crippen molar-refractivity contribution >= 4 is 22.2 Å². The average Bonchev–Trinajstić information content (AvgIpc) is 3.20. The second-order valence-electron chi connectivity index (χ2n) is 6.50. The minimum Gasteiger partial charge on any atom is -0.299 e. The Kier molecular flexibility index (Phi) is 4.10. The lowest BCUT2D eigenvalue weighted by Gasteiger charge is -2.16. The summed E-state index contributed by atoms with van der Waals surface area (Å²) in [7, 11) is 0. The molecule has 23 heavy (non-hydrogen) atoms. The third kappa shape index (κ3) is 3.43. The smallest absolute Gasteiger partial charge is 0.0928 e. The molecule has 2 aromatic heterocycles. The molecule has 1 unspecified atom stereocenters. The van der Waals surface area contributed by atoms with E-state index in [4.69, 9.17) is 0 Å². The highest BCUT2D eigenvalue weighted by Crippen LogP contribution is 2.24. The summed E-state index contributed by atoms with van der Waals surface area (Å²) in [6, 6.07) is 10.9. The lowest BCUT2D eigenvalue weighted by Crippen LogP contribution is -2.20. The summed E-state index contributed by atoms with van der Waals surface area (Å²) in [6.45, 7) is 5.46. The molecule has 1 aliphatic heterocycles. The lowest BCUT2D eigenvalue weighted by molar-refractivity contribution is 0.316. The van der Waals surface area contributed by atoms with Crippen LogP contribution < -0.4 is 0 Å². The van der Waals surface area contributed by atoms with Gasteiger partial charge in [-0.3, -0.25) is 9.88 Å². The topological polar surface area (TPSA) is 29.0 Å². The number of hydrogen-bond donors (Lipinski definition) is 0. The van der Waals surface area contributed by atoms with Gasteiger partial charge in [-0.2, -0.15) is 0 Å². The fraction of sp³-hybridized carbons (Fsp3) is 0.368. The van der Waals surface area contributed by atoms with Crippen LogP contribution in [0.5, 0.6) is 0 Å². The standard InChI is InChI=1S/C19H21N3S/c1-14-2-4-17-10-15(3-5-18(17)21-14)12-22-8-6-16(13-22)11-19-20-7-9-23-19/h2-5,7,9-10,16H,6,8,11-13H2,1H3. The zero-order valence-corrected chi connectivity index (χ0v) is 14.2. The van der Waals surface area contributed by atoms with E-state index in [9.17, 15) is 0 Å². The lowest BCUT2D eigenvalue weighted by atomic mass is 10.1. The number of pyridine rings is 1. The summed E-state index contributed by atoms with van der Waals surface area (Å²) in [5.74, 6) is 0.755. The van der Waals surface area contributed by atoms with Crippen molar-refractivity contribution in [3.63, 3.8) is 0 Å². The van der Waals surface area contributed by atoms with E-state index < -0.39 is 0 Å². The van der Waals surface area contributed by atoms with Crippen molar-refractivity contribution in [3.8, 4) is 0 Å². The number of aryl methyl sites for hydroxylation is 1. The minimum atomic E-state index is 0.755. The van der Waals surface area contributed by atoms with Crippen molar-refractivity contribution in [1.82, 2.24) is 14.9 Å². The second-order valence-corrected chi connectivity index (χ2v) is 7.48. The van der Waals surface area contributed by atoms with Gasteiger partial charge in [0.1, 0.15) is 0 Å². The van der Waals surface area contributed by atoms with Crippen LogP contribution in [0.25, 0.3) is 10.9 Å². The van der Waals surface area contributed by atoms with Crippen LogP contribution in [0.4, 0.5) is 0 Å². The van der Waals surface area contributed by atoms with E-state index in [1.807, 2.05) is 13.1 Å². The SMILES string of the molecule is Cc1ccc2cc(CN3CCC(Cc4nccs4)C3)ccc2n1. The predicted molar refractivity (Wildman–Crippen MR) is 95.7 cm³/mol. The number of likely N-dealkylation sites (tertiary alicyclic amines) is 1. The molecule has 0 saturated carbocycles. The van der Waals surface area contributed by atoms with Gasteiger partial charge in [-0.25, -0.2) is 4.98 Å². The van der Waals surface area contributed by atoms with Crippen LogP contribution in [0.3, 0.4) is 0 Å². The van der Waals surface area contributed by atoms with Crippen LogP contribution in [0.15, 0.2) is 41.9 Å². The van der Waals surface area contributed by atoms with Gasteiger partial charge in [0.25, 0.3) is 0 Å². The Labute approximate surface area is 141 Å². The van der Waals surface area contributed by atoms with Gasteiger partial charge in [0.2, 0.25) is 0 Å². The highest BCUT2D eigenvalue weighted by molar-refractivity contribution is 7.09. The first kappa shape index (κ1) is 14.8. The van der Waals surface area contributed by atoms with Gasteiger partial charge in [-0.05, 0) is 49.6 Å². The molecule has 3 heterocycles. The van der Waals surface area contributed by atoms with Gasteiger partial charge in [0, 0.05) is 42.2 Å². The number of rotatable bonds is 4. The van der Waals surface area contributed by atoms with Gasteiger partial charge in [0.15, 0.2) is 0 Å². The molecular weight excluding hydrogens is 302 g/mol. The fourth-order valence-corrected chi connectivity index (χ4v) is 4.19. The molecule has 4 rings (SSSR count). The van der Waals surface area contributed by atoms with E-state index in [2.05, 4.69) is 50.6 Å². The first-order valence-electron chi connectivity index (χ1n) is 8.23. The molecule has 1 atom stereocenters. The number of fused-ring (bicyclic) bond motifs is 1. The molecule has 3 aromatic rings. The number of hydrogen-bond acceptors (Lipinski definition) is 4. The van der Waals surface area contributed by atoms with Crippen molar-refractivity contribution in [2.75, 3.05) is 13.1 Å². The second kappa shape index (κ2) is 6.38. The van der Waals surface area contributed by atoms with Crippen LogP contribution in [0, 0.1) is 12.8 Å². The Bertz CT molecular complexity index is 797. The van der Waals surface area contributed by atoms with E-state index in [1.165, 1.54) is 35.5 Å². The maximum Gasteiger partial charge on any atom is 0.0928 e. The molecule has 0 aliphatic carbocycles. The molecule has 1 fully saturated rings. The number of nitrogens with zero attached hydrogens (tertiary/aromatic N) is 3. The molecule has 4 heteroatoms. The largest absolute Gasteiger partial charge is 0.299 e. The molecule has 0 spiro atoms. The molecule has 1 aliphatic rings. The Morgan fingerprint density at radius 3 is 3.09 bits per heavy atom. The highest BCUT2D eigenvalue weighted by Gasteiger charge is 2.23. The number of benzene rings is 1. The molecular formula is C19H21N3S. The van der Waals surface area contributed by atoms with Crippen molar-refractivity contribution in [2.24, 2.45) is 5.92 Å². The van der Waals surface area contributed by atoms with Crippen molar-refractivity contribution in [1.29, 1.82) is 0 Å². The van der Waals surface area contributed by atoms with E-state index in [-0.39, 0.29) is 0 Å². The Hall–Kier alpha value is -1.78. The molecule has 0 radical (unpaired) electrons. The van der Waals surface area contributed by atoms with Crippen molar-refractivity contribution < 1.29 is 0 Å². The summed E-state index contributed by atoms with van der Waals surface area (Å²) in [5, 5.41) is 4.60. The summed E-state index contributed by atoms with van der Waals surface area (Å²) in [4.78, 5) is 11.6. The van der Waals surface area contributed by atoms with Gasteiger partial charge in [-0.1, -0.05) is 12.1 Å². The average molecular weight is 323 g/mol. The van der Waals surface area contributed by atoms with Gasteiger partial charge in [0.05, 0.1) is 10.5 Å². The molecule has 3 nitrogen and oxygen atoms in total. The molecule has 0 bridgehead atoms. The third-order valence-corrected chi connectivity index (χ3v) is 5.42. The van der Waals surface area contributed by atoms with E-state index in [0.717, 1.165) is 30.1 Å². The van der Waals surface area contributed by atoms with E-state index in [1.54, 1.807) is 11.3 Å². The van der Waals surface area contributed by atoms with Crippen LogP contribution in [-0.4, -0.2) is 28.0 Å². The maximum absolute atomic E-state index is 4.58. The first-order valence-corrected chi connectivity index (χ1v) is 9.11. The Balaban J connectivity index is 1.41. The van der Waals surface area contributed by atoms with Crippen LogP contribution in [0.2, 0.25) is 0 Å². The van der Waals surface area contributed by atoms with Crippen molar-refractivity contribution in [2.45, 2.75) is 26.3 Å². The Morgan fingerprint density at radius 2 is 2.22 bits per heavy atom. The summed E-state index contributed by atoms with van der Waals surface area (Å²) in [6.07, 6.45) is 4.33. The van der Waals surface area contributed by atoms with Gasteiger partial charge in [-0.15, -0.1) is 11.3 Å². The van der Waals surface area contributed by atoms with Gasteiger partial charge < -0.3 is 0 Å². The molecule has 1 aromatic carbocycles. The van der Waals surface area contributed by atoms with E-state index in [0.29, 0.717) is 0 Å². The summed E-state index contributed by atoms with van der Waals surface area (Å²) >= 11 is 1.78. The van der Waals surface area contributed by atoms with E-state index >= 15 is 0 Å². The molecule has 0 amide bonds. The predicted octanol–water partition coefficient (Wildman–Crippen LogP) is 4.06.